The topological polar surface area (TPSA) is 81.7 Å². The molecule has 2 aromatic rings. The summed E-state index contributed by atoms with van der Waals surface area (Å²) < 4.78 is 3.83. The second-order valence-electron chi connectivity index (χ2n) is 6.05. The van der Waals surface area contributed by atoms with E-state index in [2.05, 4.69) is 38.2 Å². The van der Waals surface area contributed by atoms with Gasteiger partial charge in [0.1, 0.15) is 5.82 Å². The second kappa shape index (κ2) is 7.78. The van der Waals surface area contributed by atoms with E-state index in [-0.39, 0.29) is 5.91 Å². The zero-order chi connectivity index (χ0) is 16.9. The van der Waals surface area contributed by atoms with E-state index in [1.54, 1.807) is 11.7 Å². The fourth-order valence-electron chi connectivity index (χ4n) is 3.02. The van der Waals surface area contributed by atoms with E-state index >= 15 is 0 Å². The molecule has 0 aromatic carbocycles. The number of nitrogens with zero attached hydrogens (tertiary/aromatic N) is 7. The van der Waals surface area contributed by atoms with E-state index in [0.717, 1.165) is 44.7 Å². The van der Waals surface area contributed by atoms with Crippen molar-refractivity contribution in [3.05, 3.63) is 18.2 Å². The van der Waals surface area contributed by atoms with Crippen molar-refractivity contribution in [3.63, 3.8) is 0 Å². The molecule has 8 nitrogen and oxygen atoms in total. The van der Waals surface area contributed by atoms with Crippen molar-refractivity contribution < 1.29 is 4.79 Å². The minimum absolute atomic E-state index is 0.165. The average molecular weight is 349 g/mol. The van der Waals surface area contributed by atoms with Crippen LogP contribution in [0.3, 0.4) is 0 Å². The number of piperidine rings is 1. The van der Waals surface area contributed by atoms with Crippen molar-refractivity contribution in [1.82, 2.24) is 34.7 Å². The van der Waals surface area contributed by atoms with Gasteiger partial charge in [-0.3, -0.25) is 4.79 Å². The Morgan fingerprint density at radius 1 is 1.38 bits per heavy atom. The summed E-state index contributed by atoms with van der Waals surface area (Å²) in [5.41, 5.74) is 0. The van der Waals surface area contributed by atoms with Crippen LogP contribution in [0.15, 0.2) is 17.6 Å². The number of carbonyl (C=O) groups excluding carboxylic acids is 1. The molecule has 0 bridgehead atoms. The van der Waals surface area contributed by atoms with Gasteiger partial charge in [0.15, 0.2) is 0 Å². The third-order valence-corrected chi connectivity index (χ3v) is 5.44. The Kier molecular flexibility index (Phi) is 5.49. The van der Waals surface area contributed by atoms with E-state index < -0.39 is 0 Å². The molecule has 0 unspecified atom stereocenters. The van der Waals surface area contributed by atoms with E-state index in [1.807, 2.05) is 11.1 Å². The Labute approximate surface area is 145 Å². The minimum Gasteiger partial charge on any atom is -0.342 e. The van der Waals surface area contributed by atoms with Crippen LogP contribution in [0.25, 0.3) is 0 Å². The molecule has 1 fully saturated rings. The lowest BCUT2D eigenvalue weighted by Gasteiger charge is -2.32. The fourth-order valence-corrected chi connectivity index (χ4v) is 3.78. The van der Waals surface area contributed by atoms with E-state index in [4.69, 9.17) is 0 Å². The van der Waals surface area contributed by atoms with Gasteiger partial charge in [-0.15, -0.1) is 5.10 Å². The number of thioether (sulfide) groups is 1. The Bertz CT molecular complexity index is 675. The van der Waals surface area contributed by atoms with Gasteiger partial charge in [-0.2, -0.15) is 0 Å². The van der Waals surface area contributed by atoms with Crippen LogP contribution in [0, 0.1) is 5.92 Å². The number of rotatable bonds is 6. The molecule has 0 saturated carbocycles. The zero-order valence-corrected chi connectivity index (χ0v) is 14.9. The minimum atomic E-state index is 0.165. The number of hydrogen-bond donors (Lipinski definition) is 0. The van der Waals surface area contributed by atoms with Crippen LogP contribution in [-0.4, -0.2) is 59.4 Å². The molecule has 0 N–H and O–H groups in total. The number of imidazole rings is 1. The molecule has 1 aliphatic heterocycles. The highest BCUT2D eigenvalue weighted by Gasteiger charge is 2.23. The summed E-state index contributed by atoms with van der Waals surface area (Å²) in [6.45, 7) is 4.80. The summed E-state index contributed by atoms with van der Waals surface area (Å²) in [5, 5.41) is 11.9. The van der Waals surface area contributed by atoms with Gasteiger partial charge in [-0.1, -0.05) is 18.7 Å². The molecule has 1 saturated heterocycles. The maximum absolute atomic E-state index is 12.3. The second-order valence-corrected chi connectivity index (χ2v) is 6.99. The van der Waals surface area contributed by atoms with Crippen LogP contribution in [-0.2, 0) is 24.8 Å². The fraction of sp³-hybridized carbons (Fsp3) is 0.667. The average Bonchev–Trinajstić information content (AvgIpc) is 3.22. The van der Waals surface area contributed by atoms with Gasteiger partial charge in [0, 0.05) is 45.5 Å². The van der Waals surface area contributed by atoms with Crippen molar-refractivity contribution in [2.45, 2.75) is 37.9 Å². The molecule has 130 valence electrons. The number of aryl methyl sites for hydroxylation is 2. The molecule has 0 atom stereocenters. The quantitative estimate of drug-likeness (QED) is 0.724. The van der Waals surface area contributed by atoms with Crippen LogP contribution < -0.4 is 0 Å². The molecule has 0 spiro atoms. The predicted octanol–water partition coefficient (Wildman–Crippen LogP) is 1.000. The Morgan fingerprint density at radius 2 is 2.17 bits per heavy atom. The molecular weight excluding hydrogens is 326 g/mol. The largest absolute Gasteiger partial charge is 0.342 e. The Hall–Kier alpha value is -1.90. The molecule has 2 aromatic heterocycles. The van der Waals surface area contributed by atoms with Gasteiger partial charge in [0.25, 0.3) is 0 Å². The van der Waals surface area contributed by atoms with Gasteiger partial charge < -0.3 is 9.47 Å². The van der Waals surface area contributed by atoms with Crippen molar-refractivity contribution in [2.75, 3.05) is 18.8 Å². The summed E-state index contributed by atoms with van der Waals surface area (Å²) in [6.07, 6.45) is 6.98. The van der Waals surface area contributed by atoms with E-state index in [9.17, 15) is 4.79 Å². The van der Waals surface area contributed by atoms with Gasteiger partial charge in [-0.05, 0) is 29.2 Å². The van der Waals surface area contributed by atoms with Gasteiger partial charge in [-0.25, -0.2) is 9.67 Å². The molecule has 0 aliphatic carbocycles. The smallest absolute Gasteiger partial charge is 0.233 e. The first-order valence-corrected chi connectivity index (χ1v) is 9.29. The Morgan fingerprint density at radius 3 is 2.83 bits per heavy atom. The standard InChI is InChI=1S/C15H23N7OS/c1-3-13-16-6-9-22(13)10-12-4-7-21(8-5-12)14(23)11-24-15-17-18-19-20(15)2/h6,9,12H,3-5,7-8,10-11H2,1-2H3. The maximum Gasteiger partial charge on any atom is 0.233 e. The molecule has 3 heterocycles. The summed E-state index contributed by atoms with van der Waals surface area (Å²) in [5.74, 6) is 2.31. The maximum atomic E-state index is 12.3. The van der Waals surface area contributed by atoms with Gasteiger partial charge in [0.05, 0.1) is 5.75 Å². The number of tetrazole rings is 1. The lowest BCUT2D eigenvalue weighted by Crippen LogP contribution is -2.40. The first-order valence-electron chi connectivity index (χ1n) is 8.30. The summed E-state index contributed by atoms with van der Waals surface area (Å²) >= 11 is 1.39. The summed E-state index contributed by atoms with van der Waals surface area (Å²) in [6, 6.07) is 0. The Balaban J connectivity index is 1.44. The number of likely N-dealkylation sites (tertiary alicyclic amines) is 1. The number of aromatic nitrogens is 6. The molecule has 0 radical (unpaired) electrons. The predicted molar refractivity (Wildman–Crippen MR) is 90.4 cm³/mol. The first kappa shape index (κ1) is 16.9. The van der Waals surface area contributed by atoms with Crippen LogP contribution in [0.1, 0.15) is 25.6 Å². The van der Waals surface area contributed by atoms with Crippen molar-refractivity contribution in [1.29, 1.82) is 0 Å². The van der Waals surface area contributed by atoms with Crippen molar-refractivity contribution in [3.8, 4) is 0 Å². The SMILES string of the molecule is CCc1nccn1CC1CCN(C(=O)CSc2nnnn2C)CC1. The third kappa shape index (κ3) is 3.95. The normalized spacial score (nSPS) is 15.8. The van der Waals surface area contributed by atoms with Crippen LogP contribution in [0.5, 0.6) is 0 Å². The third-order valence-electron chi connectivity index (χ3n) is 4.45. The van der Waals surface area contributed by atoms with Crippen LogP contribution in [0.2, 0.25) is 0 Å². The zero-order valence-electron chi connectivity index (χ0n) is 14.1. The van der Waals surface area contributed by atoms with Crippen molar-refractivity contribution >= 4 is 17.7 Å². The number of hydrogen-bond acceptors (Lipinski definition) is 6. The number of carbonyl (C=O) groups is 1. The van der Waals surface area contributed by atoms with Gasteiger partial charge >= 0.3 is 0 Å². The molecule has 9 heteroatoms. The van der Waals surface area contributed by atoms with E-state index in [1.165, 1.54) is 11.8 Å². The van der Waals surface area contributed by atoms with Crippen LogP contribution in [0.4, 0.5) is 0 Å². The molecule has 1 amide bonds. The van der Waals surface area contributed by atoms with Crippen molar-refractivity contribution in [2.24, 2.45) is 13.0 Å². The highest BCUT2D eigenvalue weighted by Crippen LogP contribution is 2.21. The number of amides is 1. The highest BCUT2D eigenvalue weighted by molar-refractivity contribution is 7.99. The summed E-state index contributed by atoms with van der Waals surface area (Å²) in [7, 11) is 1.78. The van der Waals surface area contributed by atoms with Gasteiger partial charge in [0.2, 0.25) is 11.1 Å². The monoisotopic (exact) mass is 349 g/mol. The molecule has 24 heavy (non-hydrogen) atoms. The molecule has 1 aliphatic rings. The molecule has 3 rings (SSSR count). The first-order chi connectivity index (χ1) is 11.7. The lowest BCUT2D eigenvalue weighted by molar-refractivity contribution is -0.129. The lowest BCUT2D eigenvalue weighted by atomic mass is 9.96. The summed E-state index contributed by atoms with van der Waals surface area (Å²) in [4.78, 5) is 18.7. The van der Waals surface area contributed by atoms with E-state index in [0.29, 0.717) is 16.8 Å². The molecular formula is C15H23N7OS. The van der Waals surface area contributed by atoms with Crippen LogP contribution >= 0.6 is 11.8 Å². The highest BCUT2D eigenvalue weighted by atomic mass is 32.2.